The van der Waals surface area contributed by atoms with E-state index in [9.17, 15) is 13.2 Å². The zero-order valence-electron chi connectivity index (χ0n) is 11.3. The van der Waals surface area contributed by atoms with E-state index in [1.807, 2.05) is 13.8 Å². The summed E-state index contributed by atoms with van der Waals surface area (Å²) in [7, 11) is 0. The molecule has 0 saturated heterocycles. The Kier molecular flexibility index (Phi) is 5.40. The number of alkyl halides is 3. The van der Waals surface area contributed by atoms with Crippen molar-refractivity contribution in [2.45, 2.75) is 32.5 Å². The molecule has 0 fully saturated rings. The lowest BCUT2D eigenvalue weighted by Gasteiger charge is -2.23. The molecule has 6 heteroatoms. The minimum Gasteiger partial charge on any atom is -0.396 e. The van der Waals surface area contributed by atoms with E-state index in [-0.39, 0.29) is 18.6 Å². The third-order valence-electron chi connectivity index (χ3n) is 3.04. The summed E-state index contributed by atoms with van der Waals surface area (Å²) in [5.41, 5.74) is -0.899. The van der Waals surface area contributed by atoms with Crippen LogP contribution < -0.4 is 5.32 Å². The van der Waals surface area contributed by atoms with Gasteiger partial charge in [0.15, 0.2) is 0 Å². The van der Waals surface area contributed by atoms with E-state index in [0.717, 1.165) is 6.07 Å². The molecule has 2 N–H and O–H groups in total. The second-order valence-electron chi connectivity index (χ2n) is 4.88. The maximum absolute atomic E-state index is 12.7. The number of hydrogen-bond acceptors (Lipinski definition) is 3. The van der Waals surface area contributed by atoms with Crippen molar-refractivity contribution in [3.8, 4) is 6.07 Å². The maximum Gasteiger partial charge on any atom is 0.417 e. The van der Waals surface area contributed by atoms with Crippen LogP contribution in [0.1, 0.15) is 31.4 Å². The first-order valence-electron chi connectivity index (χ1n) is 6.28. The third kappa shape index (κ3) is 4.14. The van der Waals surface area contributed by atoms with Crippen LogP contribution in [0.3, 0.4) is 0 Å². The molecule has 1 atom stereocenters. The molecule has 1 rings (SSSR count). The molecular weight excluding hydrogens is 269 g/mol. The van der Waals surface area contributed by atoms with Crippen molar-refractivity contribution in [2.75, 3.05) is 11.9 Å². The number of hydrogen-bond donors (Lipinski definition) is 2. The smallest absolute Gasteiger partial charge is 0.396 e. The maximum atomic E-state index is 12.7. The van der Waals surface area contributed by atoms with E-state index in [2.05, 4.69) is 5.32 Å². The first kappa shape index (κ1) is 16.3. The normalized spacial score (nSPS) is 13.1. The van der Waals surface area contributed by atoms with E-state index < -0.39 is 17.3 Å². The van der Waals surface area contributed by atoms with E-state index in [1.54, 1.807) is 6.07 Å². The van der Waals surface area contributed by atoms with Crippen molar-refractivity contribution >= 4 is 5.69 Å². The standard InChI is InChI=1S/C14H17F3N2O/c1-9(2)13(5-6-20)19-11-3-4-12(14(15,16)17)10(7-11)8-18/h3-4,7,9,13,19-20H,5-6H2,1-2H3. The van der Waals surface area contributed by atoms with Gasteiger partial charge < -0.3 is 10.4 Å². The number of rotatable bonds is 5. The van der Waals surface area contributed by atoms with Gasteiger partial charge in [-0.3, -0.25) is 0 Å². The molecule has 0 saturated carbocycles. The fraction of sp³-hybridized carbons (Fsp3) is 0.500. The Labute approximate surface area is 116 Å². The molecule has 3 nitrogen and oxygen atoms in total. The largest absolute Gasteiger partial charge is 0.417 e. The molecular formula is C14H17F3N2O. The van der Waals surface area contributed by atoms with Gasteiger partial charge >= 0.3 is 6.18 Å². The molecule has 0 spiro atoms. The lowest BCUT2D eigenvalue weighted by Crippen LogP contribution is -2.26. The van der Waals surface area contributed by atoms with Gasteiger partial charge in [-0.25, -0.2) is 0 Å². The van der Waals surface area contributed by atoms with Crippen LogP contribution in [0.15, 0.2) is 18.2 Å². The predicted octanol–water partition coefficient (Wildman–Crippen LogP) is 3.40. The van der Waals surface area contributed by atoms with Gasteiger partial charge in [-0.05, 0) is 30.5 Å². The van der Waals surface area contributed by atoms with E-state index in [0.29, 0.717) is 12.1 Å². The molecule has 1 unspecified atom stereocenters. The second-order valence-corrected chi connectivity index (χ2v) is 4.88. The van der Waals surface area contributed by atoms with Crippen LogP contribution >= 0.6 is 0 Å². The fourth-order valence-electron chi connectivity index (χ4n) is 1.90. The lowest BCUT2D eigenvalue weighted by molar-refractivity contribution is -0.137. The molecule has 0 aliphatic heterocycles. The molecule has 0 aliphatic rings. The lowest BCUT2D eigenvalue weighted by atomic mass is 10.00. The van der Waals surface area contributed by atoms with Crippen LogP contribution in [0.2, 0.25) is 0 Å². The molecule has 20 heavy (non-hydrogen) atoms. The van der Waals surface area contributed by atoms with Crippen LogP contribution in [-0.2, 0) is 6.18 Å². The zero-order chi connectivity index (χ0) is 15.3. The Morgan fingerprint density at radius 2 is 2.00 bits per heavy atom. The molecule has 0 aromatic heterocycles. The highest BCUT2D eigenvalue weighted by molar-refractivity contribution is 5.54. The van der Waals surface area contributed by atoms with Crippen molar-refractivity contribution < 1.29 is 18.3 Å². The van der Waals surface area contributed by atoms with Gasteiger partial charge in [0.25, 0.3) is 0 Å². The number of anilines is 1. The summed E-state index contributed by atoms with van der Waals surface area (Å²) < 4.78 is 38.0. The Morgan fingerprint density at radius 1 is 1.35 bits per heavy atom. The van der Waals surface area contributed by atoms with Gasteiger partial charge in [0.2, 0.25) is 0 Å². The number of nitriles is 1. The van der Waals surface area contributed by atoms with Gasteiger partial charge in [-0.15, -0.1) is 0 Å². The molecule has 0 aliphatic carbocycles. The summed E-state index contributed by atoms with van der Waals surface area (Å²) in [5.74, 6) is 0.204. The highest BCUT2D eigenvalue weighted by Gasteiger charge is 2.33. The van der Waals surface area contributed by atoms with Crippen LogP contribution in [0.25, 0.3) is 0 Å². The van der Waals surface area contributed by atoms with Gasteiger partial charge in [-0.2, -0.15) is 18.4 Å². The number of nitrogens with one attached hydrogen (secondary N) is 1. The van der Waals surface area contributed by atoms with Gasteiger partial charge in [0.05, 0.1) is 17.2 Å². The quantitative estimate of drug-likeness (QED) is 0.872. The predicted molar refractivity (Wildman–Crippen MR) is 70.1 cm³/mol. The third-order valence-corrected chi connectivity index (χ3v) is 3.04. The van der Waals surface area contributed by atoms with E-state index in [4.69, 9.17) is 10.4 Å². The van der Waals surface area contributed by atoms with E-state index >= 15 is 0 Å². The van der Waals surface area contributed by atoms with Crippen molar-refractivity contribution in [1.29, 1.82) is 5.26 Å². The Morgan fingerprint density at radius 3 is 2.45 bits per heavy atom. The van der Waals surface area contributed by atoms with Crippen molar-refractivity contribution in [3.05, 3.63) is 29.3 Å². The Balaban J connectivity index is 3.02. The zero-order valence-corrected chi connectivity index (χ0v) is 11.3. The van der Waals surface area contributed by atoms with Crippen molar-refractivity contribution in [1.82, 2.24) is 0 Å². The average molecular weight is 286 g/mol. The van der Waals surface area contributed by atoms with Crippen molar-refractivity contribution in [2.24, 2.45) is 5.92 Å². The molecule has 0 bridgehead atoms. The highest BCUT2D eigenvalue weighted by Crippen LogP contribution is 2.33. The Bertz CT molecular complexity index is 492. The van der Waals surface area contributed by atoms with Gasteiger partial charge in [0, 0.05) is 18.3 Å². The van der Waals surface area contributed by atoms with Gasteiger partial charge in [-0.1, -0.05) is 13.8 Å². The van der Waals surface area contributed by atoms with Gasteiger partial charge in [0.1, 0.15) is 0 Å². The molecule has 1 aromatic carbocycles. The number of nitrogens with zero attached hydrogens (tertiary/aromatic N) is 1. The summed E-state index contributed by atoms with van der Waals surface area (Å²) in [6, 6.07) is 4.89. The second kappa shape index (κ2) is 6.62. The first-order valence-corrected chi connectivity index (χ1v) is 6.28. The van der Waals surface area contributed by atoms with Crippen LogP contribution in [0.4, 0.5) is 18.9 Å². The van der Waals surface area contributed by atoms with Crippen molar-refractivity contribution in [3.63, 3.8) is 0 Å². The molecule has 110 valence electrons. The van der Waals surface area contributed by atoms with E-state index in [1.165, 1.54) is 12.1 Å². The number of benzene rings is 1. The summed E-state index contributed by atoms with van der Waals surface area (Å²) in [5, 5.41) is 20.9. The average Bonchev–Trinajstić information content (AvgIpc) is 2.36. The summed E-state index contributed by atoms with van der Waals surface area (Å²) >= 11 is 0. The SMILES string of the molecule is CC(C)C(CCO)Nc1ccc(C(F)(F)F)c(C#N)c1. The summed E-state index contributed by atoms with van der Waals surface area (Å²) in [6.45, 7) is 3.88. The first-order chi connectivity index (χ1) is 9.29. The minimum absolute atomic E-state index is 0.0123. The molecule has 0 amide bonds. The summed E-state index contributed by atoms with van der Waals surface area (Å²) in [6.07, 6.45) is -4.05. The minimum atomic E-state index is -4.54. The number of halogens is 3. The molecule has 0 radical (unpaired) electrons. The monoisotopic (exact) mass is 286 g/mol. The molecule has 0 heterocycles. The molecule has 1 aromatic rings. The Hall–Kier alpha value is -1.74. The number of aliphatic hydroxyl groups excluding tert-OH is 1. The van der Waals surface area contributed by atoms with Crippen LogP contribution in [-0.4, -0.2) is 17.8 Å². The summed E-state index contributed by atoms with van der Waals surface area (Å²) in [4.78, 5) is 0. The van der Waals surface area contributed by atoms with Crippen LogP contribution in [0.5, 0.6) is 0 Å². The topological polar surface area (TPSA) is 56.0 Å². The van der Waals surface area contributed by atoms with Crippen LogP contribution in [0, 0.1) is 17.2 Å². The fourth-order valence-corrected chi connectivity index (χ4v) is 1.90. The number of aliphatic hydroxyl groups is 1. The highest BCUT2D eigenvalue weighted by atomic mass is 19.4.